The predicted octanol–water partition coefficient (Wildman–Crippen LogP) is 0.997. The van der Waals surface area contributed by atoms with Gasteiger partial charge in [0.2, 0.25) is 5.91 Å². The average molecular weight is 309 g/mol. The van der Waals surface area contributed by atoms with E-state index in [4.69, 9.17) is 0 Å². The standard InChI is InChI=1S/C14H23N5OS/c1-18-13(11-4-2-6-15-10-11)16-17-14(18)21-9-8-19-7-3-5-12(19)20/h11,15H,2-10H2,1H3/t11-/m0/s1. The lowest BCUT2D eigenvalue weighted by Crippen LogP contribution is -2.29. The maximum atomic E-state index is 11.6. The summed E-state index contributed by atoms with van der Waals surface area (Å²) < 4.78 is 2.12. The largest absolute Gasteiger partial charge is 0.342 e. The normalized spacial score (nSPS) is 23.0. The first-order chi connectivity index (χ1) is 10.3. The van der Waals surface area contributed by atoms with Crippen LogP contribution in [0.3, 0.4) is 0 Å². The molecule has 3 heterocycles. The Hall–Kier alpha value is -1.08. The molecule has 2 aliphatic heterocycles. The van der Waals surface area contributed by atoms with Crippen molar-refractivity contribution in [1.29, 1.82) is 0 Å². The molecule has 0 aliphatic carbocycles. The molecule has 116 valence electrons. The number of rotatable bonds is 5. The van der Waals surface area contributed by atoms with Crippen molar-refractivity contribution in [3.8, 4) is 0 Å². The van der Waals surface area contributed by atoms with Crippen molar-refractivity contribution < 1.29 is 4.79 Å². The fraction of sp³-hybridized carbons (Fsp3) is 0.786. The highest BCUT2D eigenvalue weighted by Crippen LogP contribution is 2.25. The molecular weight excluding hydrogens is 286 g/mol. The third-order valence-electron chi connectivity index (χ3n) is 4.29. The monoisotopic (exact) mass is 309 g/mol. The first kappa shape index (κ1) is 14.8. The minimum Gasteiger partial charge on any atom is -0.342 e. The van der Waals surface area contributed by atoms with Gasteiger partial charge in [-0.3, -0.25) is 4.79 Å². The maximum Gasteiger partial charge on any atom is 0.222 e. The van der Waals surface area contributed by atoms with E-state index >= 15 is 0 Å². The topological polar surface area (TPSA) is 63.1 Å². The van der Waals surface area contributed by atoms with Gasteiger partial charge in [-0.25, -0.2) is 0 Å². The Morgan fingerprint density at radius 3 is 3.00 bits per heavy atom. The zero-order valence-electron chi connectivity index (χ0n) is 12.5. The second-order valence-electron chi connectivity index (χ2n) is 5.78. The SMILES string of the molecule is Cn1c(SCCN2CCCC2=O)nnc1[C@H]1CCCNC1. The number of carbonyl (C=O) groups is 1. The van der Waals surface area contributed by atoms with Crippen molar-refractivity contribution in [2.24, 2.45) is 7.05 Å². The van der Waals surface area contributed by atoms with E-state index < -0.39 is 0 Å². The molecule has 0 radical (unpaired) electrons. The molecule has 1 N–H and O–H groups in total. The Balaban J connectivity index is 1.53. The van der Waals surface area contributed by atoms with Crippen molar-refractivity contribution in [3.63, 3.8) is 0 Å². The number of carbonyl (C=O) groups excluding carboxylic acids is 1. The zero-order chi connectivity index (χ0) is 14.7. The summed E-state index contributed by atoms with van der Waals surface area (Å²) in [5.41, 5.74) is 0. The minimum atomic E-state index is 0.294. The Labute approximate surface area is 129 Å². The number of hydrogen-bond donors (Lipinski definition) is 1. The van der Waals surface area contributed by atoms with Crippen molar-refractivity contribution in [2.45, 2.75) is 36.8 Å². The van der Waals surface area contributed by atoms with Gasteiger partial charge in [0.1, 0.15) is 5.82 Å². The number of aromatic nitrogens is 3. The van der Waals surface area contributed by atoms with Crippen LogP contribution in [0.4, 0.5) is 0 Å². The quantitative estimate of drug-likeness (QED) is 0.822. The molecule has 0 saturated carbocycles. The van der Waals surface area contributed by atoms with Gasteiger partial charge in [0.05, 0.1) is 0 Å². The van der Waals surface area contributed by atoms with Gasteiger partial charge in [-0.15, -0.1) is 10.2 Å². The summed E-state index contributed by atoms with van der Waals surface area (Å²) in [5.74, 6) is 2.75. The van der Waals surface area contributed by atoms with Crippen LogP contribution in [-0.4, -0.2) is 57.5 Å². The highest BCUT2D eigenvalue weighted by Gasteiger charge is 2.22. The highest BCUT2D eigenvalue weighted by atomic mass is 32.2. The molecule has 2 aliphatic rings. The number of nitrogens with one attached hydrogen (secondary N) is 1. The number of likely N-dealkylation sites (tertiary alicyclic amines) is 1. The van der Waals surface area contributed by atoms with Gasteiger partial charge in [0.15, 0.2) is 5.16 Å². The zero-order valence-corrected chi connectivity index (χ0v) is 13.4. The molecule has 1 amide bonds. The average Bonchev–Trinajstić information content (AvgIpc) is 3.07. The summed E-state index contributed by atoms with van der Waals surface area (Å²) >= 11 is 1.70. The molecule has 0 spiro atoms. The summed E-state index contributed by atoms with van der Waals surface area (Å²) in [6.07, 6.45) is 4.11. The molecule has 3 rings (SSSR count). The molecule has 1 aromatic heterocycles. The highest BCUT2D eigenvalue weighted by molar-refractivity contribution is 7.99. The van der Waals surface area contributed by atoms with Crippen molar-refractivity contribution in [3.05, 3.63) is 5.82 Å². The van der Waals surface area contributed by atoms with Gasteiger partial charge < -0.3 is 14.8 Å². The Morgan fingerprint density at radius 2 is 2.29 bits per heavy atom. The van der Waals surface area contributed by atoms with Crippen molar-refractivity contribution in [1.82, 2.24) is 25.0 Å². The molecule has 0 bridgehead atoms. The lowest BCUT2D eigenvalue weighted by atomic mass is 9.99. The minimum absolute atomic E-state index is 0.294. The van der Waals surface area contributed by atoms with Crippen molar-refractivity contribution >= 4 is 17.7 Å². The molecule has 0 aromatic carbocycles. The van der Waals surface area contributed by atoms with Crippen LogP contribution in [0.5, 0.6) is 0 Å². The van der Waals surface area contributed by atoms with Crippen LogP contribution in [0.25, 0.3) is 0 Å². The van der Waals surface area contributed by atoms with Crippen LogP contribution in [0.2, 0.25) is 0 Å². The fourth-order valence-corrected chi connectivity index (χ4v) is 3.95. The fourth-order valence-electron chi connectivity index (χ4n) is 3.07. The van der Waals surface area contributed by atoms with E-state index in [1.165, 1.54) is 12.8 Å². The molecule has 2 saturated heterocycles. The number of hydrogen-bond acceptors (Lipinski definition) is 5. The summed E-state index contributed by atoms with van der Waals surface area (Å²) in [7, 11) is 2.05. The van der Waals surface area contributed by atoms with E-state index in [1.54, 1.807) is 11.8 Å². The number of nitrogens with zero attached hydrogens (tertiary/aromatic N) is 4. The van der Waals surface area contributed by atoms with E-state index in [0.29, 0.717) is 18.2 Å². The van der Waals surface area contributed by atoms with E-state index in [1.807, 2.05) is 11.9 Å². The Bertz CT molecular complexity index is 498. The molecule has 6 nitrogen and oxygen atoms in total. The lowest BCUT2D eigenvalue weighted by Gasteiger charge is -2.21. The Morgan fingerprint density at radius 1 is 1.38 bits per heavy atom. The first-order valence-corrected chi connectivity index (χ1v) is 8.75. The van der Waals surface area contributed by atoms with Crippen LogP contribution in [0.15, 0.2) is 5.16 Å². The molecule has 0 unspecified atom stereocenters. The van der Waals surface area contributed by atoms with E-state index in [-0.39, 0.29) is 0 Å². The van der Waals surface area contributed by atoms with Crippen LogP contribution in [-0.2, 0) is 11.8 Å². The summed E-state index contributed by atoms with van der Waals surface area (Å²) in [6, 6.07) is 0. The van der Waals surface area contributed by atoms with Crippen LogP contribution in [0, 0.1) is 0 Å². The Kier molecular flexibility index (Phi) is 4.80. The van der Waals surface area contributed by atoms with Crippen LogP contribution >= 0.6 is 11.8 Å². The van der Waals surface area contributed by atoms with Crippen LogP contribution < -0.4 is 5.32 Å². The smallest absolute Gasteiger partial charge is 0.222 e. The second kappa shape index (κ2) is 6.79. The maximum absolute atomic E-state index is 11.6. The van der Waals surface area contributed by atoms with E-state index in [2.05, 4.69) is 20.1 Å². The van der Waals surface area contributed by atoms with Gasteiger partial charge in [-0.2, -0.15) is 0 Å². The summed E-state index contributed by atoms with van der Waals surface area (Å²) in [5, 5.41) is 13.1. The van der Waals surface area contributed by atoms with Gasteiger partial charge in [0.25, 0.3) is 0 Å². The van der Waals surface area contributed by atoms with Gasteiger partial charge in [-0.05, 0) is 25.8 Å². The second-order valence-corrected chi connectivity index (χ2v) is 6.84. The van der Waals surface area contributed by atoms with Crippen molar-refractivity contribution in [2.75, 3.05) is 31.9 Å². The third kappa shape index (κ3) is 3.40. The van der Waals surface area contributed by atoms with E-state index in [9.17, 15) is 4.79 Å². The van der Waals surface area contributed by atoms with Crippen LogP contribution in [0.1, 0.15) is 37.4 Å². The number of amides is 1. The summed E-state index contributed by atoms with van der Waals surface area (Å²) in [4.78, 5) is 13.5. The molecule has 1 atom stereocenters. The first-order valence-electron chi connectivity index (χ1n) is 7.76. The number of thioether (sulfide) groups is 1. The van der Waals surface area contributed by atoms with Gasteiger partial charge in [-0.1, -0.05) is 11.8 Å². The predicted molar refractivity (Wildman–Crippen MR) is 82.4 cm³/mol. The summed E-state index contributed by atoms with van der Waals surface area (Å²) in [6.45, 7) is 3.84. The molecular formula is C14H23N5OS. The molecule has 2 fully saturated rings. The molecule has 1 aromatic rings. The third-order valence-corrected chi connectivity index (χ3v) is 5.29. The number of piperidine rings is 1. The van der Waals surface area contributed by atoms with Gasteiger partial charge in [0, 0.05) is 44.8 Å². The van der Waals surface area contributed by atoms with Gasteiger partial charge >= 0.3 is 0 Å². The van der Waals surface area contributed by atoms with E-state index in [0.717, 1.165) is 49.3 Å². The molecule has 21 heavy (non-hydrogen) atoms. The molecule has 7 heteroatoms. The lowest BCUT2D eigenvalue weighted by molar-refractivity contribution is -0.127.